The first-order chi connectivity index (χ1) is 8.89. The maximum atomic E-state index is 12.8. The molecule has 0 radical (unpaired) electrons. The van der Waals surface area contributed by atoms with Crippen molar-refractivity contribution in [3.8, 4) is 0 Å². The summed E-state index contributed by atoms with van der Waals surface area (Å²) in [4.78, 5) is 0. The number of phosphoric acid groups is 1. The fourth-order valence-corrected chi connectivity index (χ4v) is 8.85. The van der Waals surface area contributed by atoms with E-state index in [-0.39, 0.29) is 11.5 Å². The molecule has 0 heterocycles. The van der Waals surface area contributed by atoms with Gasteiger partial charge in [0.05, 0.1) is 27.6 Å². The minimum absolute atomic E-state index is 0.261. The average molecular weight is 345 g/mol. The predicted molar refractivity (Wildman–Crippen MR) is 86.8 cm³/mol. The zero-order valence-electron chi connectivity index (χ0n) is 14.0. The summed E-state index contributed by atoms with van der Waals surface area (Å²) >= 11 is 0. The van der Waals surface area contributed by atoms with Gasteiger partial charge < -0.3 is 0 Å². The van der Waals surface area contributed by atoms with E-state index in [1.165, 1.54) is 0 Å². The van der Waals surface area contributed by atoms with Crippen LogP contribution in [0.5, 0.6) is 0 Å². The summed E-state index contributed by atoms with van der Waals surface area (Å²) in [6.07, 6.45) is 1.33. The van der Waals surface area contributed by atoms with E-state index in [2.05, 4.69) is 44.0 Å². The quantitative estimate of drug-likeness (QED) is 0.418. The highest BCUT2D eigenvalue weighted by Crippen LogP contribution is 2.54. The summed E-state index contributed by atoms with van der Waals surface area (Å²) in [7, 11) is -7.59. The maximum Gasteiger partial charge on any atom is 0.505 e. The summed E-state index contributed by atoms with van der Waals surface area (Å²) in [6.45, 7) is 16.4. The molecule has 0 N–H and O–H groups in total. The van der Waals surface area contributed by atoms with Crippen LogP contribution < -0.4 is 0 Å². The van der Waals surface area contributed by atoms with Gasteiger partial charge in [0, 0.05) is 0 Å². The Kier molecular flexibility index (Phi) is 7.83. The van der Waals surface area contributed by atoms with Gasteiger partial charge in [0.25, 0.3) is 0 Å². The van der Waals surface area contributed by atoms with Crippen molar-refractivity contribution >= 4 is 24.0 Å². The van der Waals surface area contributed by atoms with E-state index in [0.717, 1.165) is 0 Å². The Morgan fingerprint density at radius 1 is 0.900 bits per heavy atom. The van der Waals surface area contributed by atoms with Gasteiger partial charge in [0.15, 0.2) is 0 Å². The average Bonchev–Trinajstić information content (AvgIpc) is 2.30. The summed E-state index contributed by atoms with van der Waals surface area (Å²) in [5.74, 6) is 0. The molecule has 4 nitrogen and oxygen atoms in total. The van der Waals surface area contributed by atoms with Crippen LogP contribution in [0.2, 0.25) is 39.3 Å². The summed E-state index contributed by atoms with van der Waals surface area (Å²) in [5, 5.41) is 0. The van der Waals surface area contributed by atoms with Crippen molar-refractivity contribution in [1.82, 2.24) is 0 Å². The Hall–Kier alpha value is 0.474. The SMILES string of the molecule is CCC(OP(=O)(OF)OC(CC)[Si](C)(C)C)[Si](C)(C)C. The van der Waals surface area contributed by atoms with Crippen molar-refractivity contribution in [1.29, 1.82) is 0 Å². The van der Waals surface area contributed by atoms with Crippen LogP contribution in [0.15, 0.2) is 0 Å². The number of hydrogen-bond acceptors (Lipinski definition) is 4. The number of rotatable bonds is 9. The van der Waals surface area contributed by atoms with E-state index >= 15 is 0 Å². The zero-order chi connectivity index (χ0) is 16.2. The smallest absolute Gasteiger partial charge is 0.285 e. The normalized spacial score (nSPS) is 19.4. The third-order valence-corrected chi connectivity index (χ3v) is 9.78. The second-order valence-electron chi connectivity index (χ2n) is 7.25. The van der Waals surface area contributed by atoms with Crippen molar-refractivity contribution in [3.05, 3.63) is 0 Å². The Balaban J connectivity index is 5.07. The topological polar surface area (TPSA) is 44.8 Å². The molecule has 0 saturated carbocycles. The number of phosphoric ester groups is 1. The molecule has 0 aliphatic carbocycles. The van der Waals surface area contributed by atoms with Gasteiger partial charge >= 0.3 is 7.82 Å². The Morgan fingerprint density at radius 3 is 1.35 bits per heavy atom. The van der Waals surface area contributed by atoms with E-state index in [1.54, 1.807) is 0 Å². The van der Waals surface area contributed by atoms with Gasteiger partial charge in [0.2, 0.25) is 0 Å². The monoisotopic (exact) mass is 344 g/mol. The van der Waals surface area contributed by atoms with Crippen LogP contribution in [0, 0.1) is 0 Å². The van der Waals surface area contributed by atoms with Crippen molar-refractivity contribution in [3.63, 3.8) is 0 Å². The van der Waals surface area contributed by atoms with Gasteiger partial charge in [-0.3, -0.25) is 9.05 Å². The molecule has 0 bridgehead atoms. The van der Waals surface area contributed by atoms with Gasteiger partial charge in [0.1, 0.15) is 0 Å². The second-order valence-corrected chi connectivity index (χ2v) is 19.5. The first kappa shape index (κ1) is 20.5. The standard InChI is InChI=1S/C12H30FO4PSi2/c1-9-11(19(3,4)5)15-18(14,17-13)16-12(10-2)20(6,7)8/h11-12H,9-10H2,1-8H3. The van der Waals surface area contributed by atoms with Crippen molar-refractivity contribution < 1.29 is 22.9 Å². The summed E-state index contributed by atoms with van der Waals surface area (Å²) < 4.78 is 39.8. The van der Waals surface area contributed by atoms with Gasteiger partial charge in [-0.15, -0.1) is 0 Å². The molecule has 0 spiro atoms. The predicted octanol–water partition coefficient (Wildman–Crippen LogP) is 5.34. The largest absolute Gasteiger partial charge is 0.505 e. The first-order valence-corrected chi connectivity index (χ1v) is 15.8. The molecule has 2 unspecified atom stereocenters. The molecular weight excluding hydrogens is 314 g/mol. The lowest BCUT2D eigenvalue weighted by atomic mass is 10.5. The second kappa shape index (κ2) is 7.65. The molecule has 122 valence electrons. The third kappa shape index (κ3) is 6.49. The lowest BCUT2D eigenvalue weighted by molar-refractivity contribution is -0.0638. The Labute approximate surface area is 124 Å². The van der Waals surface area contributed by atoms with Crippen LogP contribution in [0.4, 0.5) is 4.53 Å². The zero-order valence-corrected chi connectivity index (χ0v) is 16.9. The highest BCUT2D eigenvalue weighted by atomic mass is 31.2. The van der Waals surface area contributed by atoms with Crippen LogP contribution in [0.25, 0.3) is 0 Å². The molecule has 2 atom stereocenters. The number of hydrogen-bond donors (Lipinski definition) is 0. The lowest BCUT2D eigenvalue weighted by Gasteiger charge is -2.33. The van der Waals surface area contributed by atoms with E-state index in [0.29, 0.717) is 12.8 Å². The van der Waals surface area contributed by atoms with E-state index in [9.17, 15) is 9.09 Å². The van der Waals surface area contributed by atoms with Crippen molar-refractivity contribution in [2.24, 2.45) is 0 Å². The lowest BCUT2D eigenvalue weighted by Crippen LogP contribution is -2.42. The van der Waals surface area contributed by atoms with Gasteiger partial charge in [-0.25, -0.2) is 4.57 Å². The first-order valence-electron chi connectivity index (χ1n) is 7.16. The summed E-state index contributed by atoms with van der Waals surface area (Å²) in [5.41, 5.74) is -0.522. The molecule has 0 saturated heterocycles. The minimum atomic E-state index is -4.14. The van der Waals surface area contributed by atoms with Gasteiger partial charge in [-0.2, -0.15) is 0 Å². The molecule has 0 rings (SSSR count). The van der Waals surface area contributed by atoms with Crippen molar-refractivity contribution in [2.45, 2.75) is 77.4 Å². The van der Waals surface area contributed by atoms with Crippen LogP contribution >= 0.6 is 7.82 Å². The third-order valence-electron chi connectivity index (χ3n) is 3.27. The summed E-state index contributed by atoms with van der Waals surface area (Å²) in [6, 6.07) is 0. The highest BCUT2D eigenvalue weighted by molar-refractivity contribution is 7.48. The van der Waals surface area contributed by atoms with E-state index in [4.69, 9.17) is 9.05 Å². The molecule has 8 heteroatoms. The highest BCUT2D eigenvalue weighted by Gasteiger charge is 2.41. The van der Waals surface area contributed by atoms with Gasteiger partial charge in [-0.05, 0) is 17.4 Å². The minimum Gasteiger partial charge on any atom is -0.285 e. The maximum absolute atomic E-state index is 12.8. The number of halogens is 1. The van der Waals surface area contributed by atoms with Crippen molar-refractivity contribution in [2.75, 3.05) is 0 Å². The molecule has 0 aliphatic rings. The van der Waals surface area contributed by atoms with Gasteiger partial charge in [-0.1, -0.05) is 57.9 Å². The van der Waals surface area contributed by atoms with Crippen LogP contribution in [-0.2, 0) is 18.3 Å². The molecule has 20 heavy (non-hydrogen) atoms. The fraction of sp³-hybridized carbons (Fsp3) is 1.00. The molecule has 0 aliphatic heterocycles. The molecule has 0 amide bonds. The van der Waals surface area contributed by atoms with Crippen LogP contribution in [-0.4, -0.2) is 27.6 Å². The molecular formula is C12H30FO4PSi2. The molecule has 0 aromatic heterocycles. The fourth-order valence-electron chi connectivity index (χ4n) is 2.06. The van der Waals surface area contributed by atoms with Crippen LogP contribution in [0.3, 0.4) is 0 Å². The van der Waals surface area contributed by atoms with E-state index < -0.39 is 24.0 Å². The molecule has 0 aromatic carbocycles. The van der Waals surface area contributed by atoms with Crippen LogP contribution in [0.1, 0.15) is 26.7 Å². The molecule has 0 aromatic rings. The van der Waals surface area contributed by atoms with E-state index in [1.807, 2.05) is 13.8 Å². The molecule has 0 fully saturated rings. The Morgan fingerprint density at radius 2 is 1.20 bits per heavy atom. The Bertz CT molecular complexity index is 313.